The zero-order valence-corrected chi connectivity index (χ0v) is 9.50. The summed E-state index contributed by atoms with van der Waals surface area (Å²) in [6, 6.07) is 3.84. The van der Waals surface area contributed by atoms with Crippen molar-refractivity contribution in [2.75, 3.05) is 19.8 Å². The topological polar surface area (TPSA) is 34.4 Å². The van der Waals surface area contributed by atoms with Crippen LogP contribution in [0.2, 0.25) is 0 Å². The molecule has 16 heavy (non-hydrogen) atoms. The Morgan fingerprint density at radius 3 is 2.75 bits per heavy atom. The molecule has 0 saturated carbocycles. The van der Waals surface area contributed by atoms with Crippen LogP contribution in [0.5, 0.6) is 0 Å². The van der Waals surface area contributed by atoms with E-state index in [-0.39, 0.29) is 12.6 Å². The molecule has 1 rings (SSSR count). The molecule has 1 atom stereocenters. The molecule has 0 aliphatic carbocycles. The summed E-state index contributed by atoms with van der Waals surface area (Å²) in [5.74, 6) is 1.70. The molecule has 0 radical (unpaired) electrons. The lowest BCUT2D eigenvalue weighted by Gasteiger charge is -2.11. The van der Waals surface area contributed by atoms with Gasteiger partial charge in [0, 0.05) is 6.54 Å². The molecule has 1 aromatic rings. The fourth-order valence-corrected chi connectivity index (χ4v) is 1.31. The normalized spacial score (nSPS) is 13.3. The number of hydrogen-bond acceptors (Lipinski definition) is 3. The number of furan rings is 1. The zero-order valence-electron chi connectivity index (χ0n) is 9.50. The van der Waals surface area contributed by atoms with Crippen LogP contribution in [0.15, 0.2) is 16.5 Å². The van der Waals surface area contributed by atoms with Crippen molar-refractivity contribution in [3.63, 3.8) is 0 Å². The third-order valence-electron chi connectivity index (χ3n) is 2.13. The Kier molecular flexibility index (Phi) is 5.42. The lowest BCUT2D eigenvalue weighted by atomic mass is 10.2. The minimum Gasteiger partial charge on any atom is -0.465 e. The third kappa shape index (κ3) is 4.72. The number of nitrogens with one attached hydrogen (secondary N) is 1. The Bertz CT molecular complexity index is 302. The van der Waals surface area contributed by atoms with E-state index in [9.17, 15) is 8.78 Å². The summed E-state index contributed by atoms with van der Waals surface area (Å²) in [7, 11) is 0. The van der Waals surface area contributed by atoms with Crippen molar-refractivity contribution in [1.29, 1.82) is 0 Å². The standard InChI is InChI=1S/C11H17F2NO2/c1-8-3-4-10(16-8)9(2)14-5-6-15-7-11(12)13/h3-4,9,11,14H,5-7H2,1-2H3. The van der Waals surface area contributed by atoms with Crippen molar-refractivity contribution in [1.82, 2.24) is 5.32 Å². The van der Waals surface area contributed by atoms with Crippen LogP contribution in [-0.2, 0) is 4.74 Å². The fraction of sp³-hybridized carbons (Fsp3) is 0.636. The molecule has 0 fully saturated rings. The first-order chi connectivity index (χ1) is 7.59. The van der Waals surface area contributed by atoms with Crippen LogP contribution >= 0.6 is 0 Å². The molecular formula is C11H17F2NO2. The monoisotopic (exact) mass is 233 g/mol. The van der Waals surface area contributed by atoms with E-state index >= 15 is 0 Å². The molecule has 1 unspecified atom stereocenters. The minimum absolute atomic E-state index is 0.0591. The predicted octanol–water partition coefficient (Wildman–Crippen LogP) is 2.52. The highest BCUT2D eigenvalue weighted by Crippen LogP contribution is 2.14. The van der Waals surface area contributed by atoms with Gasteiger partial charge in [-0.05, 0) is 26.0 Å². The molecule has 0 saturated heterocycles. The van der Waals surface area contributed by atoms with Crippen molar-refractivity contribution in [2.45, 2.75) is 26.3 Å². The highest BCUT2D eigenvalue weighted by Gasteiger charge is 2.08. The number of ether oxygens (including phenoxy) is 1. The smallest absolute Gasteiger partial charge is 0.261 e. The molecule has 0 spiro atoms. The molecule has 1 heterocycles. The van der Waals surface area contributed by atoms with E-state index in [1.807, 2.05) is 26.0 Å². The van der Waals surface area contributed by atoms with Crippen LogP contribution in [0.4, 0.5) is 8.78 Å². The van der Waals surface area contributed by atoms with Gasteiger partial charge in [-0.1, -0.05) is 0 Å². The summed E-state index contributed by atoms with van der Waals surface area (Å²) < 4.78 is 33.6. The average Bonchev–Trinajstić information content (AvgIpc) is 2.63. The van der Waals surface area contributed by atoms with Gasteiger partial charge in [-0.2, -0.15) is 0 Å². The molecule has 0 aliphatic heterocycles. The molecule has 5 heteroatoms. The van der Waals surface area contributed by atoms with Gasteiger partial charge < -0.3 is 14.5 Å². The first-order valence-electron chi connectivity index (χ1n) is 5.25. The molecule has 3 nitrogen and oxygen atoms in total. The van der Waals surface area contributed by atoms with Crippen LogP contribution in [0.3, 0.4) is 0 Å². The van der Waals surface area contributed by atoms with Crippen molar-refractivity contribution in [3.8, 4) is 0 Å². The second-order valence-corrected chi connectivity index (χ2v) is 3.59. The van der Waals surface area contributed by atoms with E-state index in [1.165, 1.54) is 0 Å². The van der Waals surface area contributed by atoms with Crippen LogP contribution < -0.4 is 5.32 Å². The Hall–Kier alpha value is -0.940. The van der Waals surface area contributed by atoms with Crippen LogP contribution in [0.1, 0.15) is 24.5 Å². The summed E-state index contributed by atoms with van der Waals surface area (Å²) in [5, 5.41) is 3.12. The summed E-state index contributed by atoms with van der Waals surface area (Å²) in [5.41, 5.74) is 0. The molecule has 92 valence electrons. The molecule has 0 aromatic carbocycles. The van der Waals surface area contributed by atoms with Crippen molar-refractivity contribution >= 4 is 0 Å². The summed E-state index contributed by atoms with van der Waals surface area (Å²) in [6.07, 6.45) is -2.40. The SMILES string of the molecule is Cc1ccc(C(C)NCCOCC(F)F)o1. The average molecular weight is 233 g/mol. The number of halogens is 2. The molecule has 0 aliphatic rings. The van der Waals surface area contributed by atoms with E-state index in [0.29, 0.717) is 6.54 Å². The van der Waals surface area contributed by atoms with Gasteiger partial charge in [-0.25, -0.2) is 8.78 Å². The molecule has 0 bridgehead atoms. The van der Waals surface area contributed by atoms with E-state index in [1.54, 1.807) is 0 Å². The van der Waals surface area contributed by atoms with Gasteiger partial charge in [-0.15, -0.1) is 0 Å². The first kappa shape index (κ1) is 13.1. The fourth-order valence-electron chi connectivity index (χ4n) is 1.31. The predicted molar refractivity (Wildman–Crippen MR) is 56.7 cm³/mol. The van der Waals surface area contributed by atoms with Crippen LogP contribution in [-0.4, -0.2) is 26.2 Å². The summed E-state index contributed by atoms with van der Waals surface area (Å²) >= 11 is 0. The Labute approximate surface area is 93.8 Å². The molecular weight excluding hydrogens is 216 g/mol. The lowest BCUT2D eigenvalue weighted by molar-refractivity contribution is 0.0182. The summed E-state index contributed by atoms with van der Waals surface area (Å²) in [6.45, 7) is 4.12. The third-order valence-corrected chi connectivity index (χ3v) is 2.13. The van der Waals surface area contributed by atoms with Gasteiger partial charge >= 0.3 is 0 Å². The maximum atomic E-state index is 11.7. The van der Waals surface area contributed by atoms with Crippen LogP contribution in [0, 0.1) is 6.92 Å². The van der Waals surface area contributed by atoms with E-state index in [2.05, 4.69) is 5.32 Å². The Balaban J connectivity index is 2.13. The second-order valence-electron chi connectivity index (χ2n) is 3.59. The van der Waals surface area contributed by atoms with Crippen LogP contribution in [0.25, 0.3) is 0 Å². The number of hydrogen-bond donors (Lipinski definition) is 1. The van der Waals surface area contributed by atoms with Gasteiger partial charge in [0.15, 0.2) is 0 Å². The van der Waals surface area contributed by atoms with E-state index in [0.717, 1.165) is 11.5 Å². The van der Waals surface area contributed by atoms with Gasteiger partial charge in [0.1, 0.15) is 18.1 Å². The van der Waals surface area contributed by atoms with Gasteiger partial charge in [0.05, 0.1) is 12.6 Å². The molecule has 0 amide bonds. The first-order valence-corrected chi connectivity index (χ1v) is 5.25. The number of alkyl halides is 2. The number of aryl methyl sites for hydroxylation is 1. The zero-order chi connectivity index (χ0) is 12.0. The second kappa shape index (κ2) is 6.60. The Morgan fingerprint density at radius 1 is 1.44 bits per heavy atom. The van der Waals surface area contributed by atoms with Gasteiger partial charge in [0.25, 0.3) is 6.43 Å². The van der Waals surface area contributed by atoms with Gasteiger partial charge in [0.2, 0.25) is 0 Å². The lowest BCUT2D eigenvalue weighted by Crippen LogP contribution is -2.23. The minimum atomic E-state index is -2.40. The highest BCUT2D eigenvalue weighted by molar-refractivity contribution is 5.08. The van der Waals surface area contributed by atoms with Crippen molar-refractivity contribution in [2.24, 2.45) is 0 Å². The number of rotatable bonds is 7. The van der Waals surface area contributed by atoms with Crippen molar-refractivity contribution < 1.29 is 17.9 Å². The molecule has 1 N–H and O–H groups in total. The molecule has 1 aromatic heterocycles. The van der Waals surface area contributed by atoms with Crippen molar-refractivity contribution in [3.05, 3.63) is 23.7 Å². The maximum absolute atomic E-state index is 11.7. The van der Waals surface area contributed by atoms with E-state index < -0.39 is 13.0 Å². The summed E-state index contributed by atoms with van der Waals surface area (Å²) in [4.78, 5) is 0. The Morgan fingerprint density at radius 2 is 2.19 bits per heavy atom. The highest BCUT2D eigenvalue weighted by atomic mass is 19.3. The largest absolute Gasteiger partial charge is 0.465 e. The maximum Gasteiger partial charge on any atom is 0.261 e. The van der Waals surface area contributed by atoms with E-state index in [4.69, 9.17) is 9.15 Å². The van der Waals surface area contributed by atoms with Gasteiger partial charge in [-0.3, -0.25) is 0 Å². The quantitative estimate of drug-likeness (QED) is 0.735.